The van der Waals surface area contributed by atoms with E-state index in [1.165, 1.54) is 45.2 Å². The van der Waals surface area contributed by atoms with Crippen molar-refractivity contribution in [3.8, 4) is 0 Å². The van der Waals surface area contributed by atoms with Gasteiger partial charge in [-0.1, -0.05) is 19.3 Å². The first-order valence-electron chi connectivity index (χ1n) is 7.36. The molecule has 0 amide bonds. The first-order valence-corrected chi connectivity index (χ1v) is 7.36. The molecule has 1 heterocycles. The summed E-state index contributed by atoms with van der Waals surface area (Å²) in [5, 5.41) is 13.9. The molecule has 2 rings (SSSR count). The smallest absolute Gasteiger partial charge is 0.0771 e. The van der Waals surface area contributed by atoms with E-state index >= 15 is 0 Å². The van der Waals surface area contributed by atoms with Crippen LogP contribution in [0.1, 0.15) is 51.9 Å². The summed E-state index contributed by atoms with van der Waals surface area (Å²) >= 11 is 0. The lowest BCUT2D eigenvalue weighted by atomic mass is 9.85. The van der Waals surface area contributed by atoms with E-state index in [1.807, 2.05) is 0 Å². The predicted molar refractivity (Wildman–Crippen MR) is 71.2 cm³/mol. The monoisotopic (exact) mass is 240 g/mol. The third-order valence-electron chi connectivity index (χ3n) is 4.29. The number of hydrogen-bond donors (Lipinski definition) is 2. The SMILES string of the molecule is CC(CN1CCCC1)NCC1(O)CCCCC1. The third-order valence-corrected chi connectivity index (χ3v) is 4.29. The van der Waals surface area contributed by atoms with Gasteiger partial charge in [-0.2, -0.15) is 0 Å². The van der Waals surface area contributed by atoms with E-state index in [4.69, 9.17) is 0 Å². The van der Waals surface area contributed by atoms with Crippen LogP contribution in [0.5, 0.6) is 0 Å². The topological polar surface area (TPSA) is 35.5 Å². The average Bonchev–Trinajstić information content (AvgIpc) is 2.80. The van der Waals surface area contributed by atoms with Gasteiger partial charge in [0.15, 0.2) is 0 Å². The summed E-state index contributed by atoms with van der Waals surface area (Å²) in [4.78, 5) is 2.53. The lowest BCUT2D eigenvalue weighted by molar-refractivity contribution is 0.00236. The van der Waals surface area contributed by atoms with Crippen LogP contribution >= 0.6 is 0 Å². The molecule has 17 heavy (non-hydrogen) atoms. The van der Waals surface area contributed by atoms with E-state index in [1.54, 1.807) is 0 Å². The summed E-state index contributed by atoms with van der Waals surface area (Å²) in [6, 6.07) is 0.499. The molecule has 2 aliphatic rings. The van der Waals surface area contributed by atoms with Crippen molar-refractivity contribution in [3.63, 3.8) is 0 Å². The number of likely N-dealkylation sites (tertiary alicyclic amines) is 1. The van der Waals surface area contributed by atoms with Crippen molar-refractivity contribution in [2.75, 3.05) is 26.2 Å². The van der Waals surface area contributed by atoms with Crippen molar-refractivity contribution in [1.82, 2.24) is 10.2 Å². The Hall–Kier alpha value is -0.120. The van der Waals surface area contributed by atoms with Crippen molar-refractivity contribution in [3.05, 3.63) is 0 Å². The minimum atomic E-state index is -0.419. The average molecular weight is 240 g/mol. The highest BCUT2D eigenvalue weighted by molar-refractivity contribution is 4.85. The minimum absolute atomic E-state index is 0.419. The minimum Gasteiger partial charge on any atom is -0.389 e. The lowest BCUT2D eigenvalue weighted by Crippen LogP contribution is -2.47. The third kappa shape index (κ3) is 4.23. The number of nitrogens with one attached hydrogen (secondary N) is 1. The van der Waals surface area contributed by atoms with E-state index in [9.17, 15) is 5.11 Å². The van der Waals surface area contributed by atoms with Gasteiger partial charge in [0, 0.05) is 19.1 Å². The van der Waals surface area contributed by atoms with Crippen LogP contribution in [0.15, 0.2) is 0 Å². The Kier molecular flexibility index (Phi) is 4.83. The summed E-state index contributed by atoms with van der Waals surface area (Å²) in [6.07, 6.45) is 8.36. The molecule has 2 fully saturated rings. The second-order valence-electron chi connectivity index (χ2n) is 6.07. The largest absolute Gasteiger partial charge is 0.389 e. The highest BCUT2D eigenvalue weighted by atomic mass is 16.3. The summed E-state index contributed by atoms with van der Waals surface area (Å²) in [7, 11) is 0. The summed E-state index contributed by atoms with van der Waals surface area (Å²) in [6.45, 7) is 6.68. The molecule has 1 saturated carbocycles. The molecule has 0 aromatic rings. The molecule has 0 bridgehead atoms. The van der Waals surface area contributed by atoms with E-state index in [-0.39, 0.29) is 0 Å². The molecule has 3 nitrogen and oxygen atoms in total. The Balaban J connectivity index is 1.65. The van der Waals surface area contributed by atoms with Gasteiger partial charge in [-0.05, 0) is 45.7 Å². The van der Waals surface area contributed by atoms with Gasteiger partial charge < -0.3 is 15.3 Å². The maximum absolute atomic E-state index is 10.4. The summed E-state index contributed by atoms with van der Waals surface area (Å²) < 4.78 is 0. The van der Waals surface area contributed by atoms with E-state index in [0.29, 0.717) is 6.04 Å². The fourth-order valence-electron chi connectivity index (χ4n) is 3.17. The van der Waals surface area contributed by atoms with Crippen molar-refractivity contribution in [1.29, 1.82) is 0 Å². The molecular formula is C14H28N2O. The first kappa shape index (κ1) is 13.3. The normalized spacial score (nSPS) is 27.2. The molecule has 1 unspecified atom stereocenters. The van der Waals surface area contributed by atoms with Gasteiger partial charge in [-0.25, -0.2) is 0 Å². The Morgan fingerprint density at radius 1 is 1.12 bits per heavy atom. The van der Waals surface area contributed by atoms with Gasteiger partial charge in [-0.15, -0.1) is 0 Å². The fourth-order valence-corrected chi connectivity index (χ4v) is 3.17. The standard InChI is InChI=1S/C14H28N2O/c1-13(11-16-9-5-6-10-16)15-12-14(17)7-3-2-4-8-14/h13,15,17H,2-12H2,1H3. The van der Waals surface area contributed by atoms with Crippen LogP contribution in [0, 0.1) is 0 Å². The maximum atomic E-state index is 10.4. The van der Waals surface area contributed by atoms with Crippen molar-refractivity contribution < 1.29 is 5.11 Å². The van der Waals surface area contributed by atoms with Crippen LogP contribution in [-0.4, -0.2) is 47.8 Å². The summed E-state index contributed by atoms with van der Waals surface area (Å²) in [5.74, 6) is 0. The first-order chi connectivity index (χ1) is 8.18. The van der Waals surface area contributed by atoms with Crippen LogP contribution < -0.4 is 5.32 Å². The Morgan fingerprint density at radius 2 is 1.76 bits per heavy atom. The van der Waals surface area contributed by atoms with Crippen LogP contribution in [0.3, 0.4) is 0 Å². The molecule has 0 aromatic carbocycles. The molecule has 0 aromatic heterocycles. The zero-order valence-electron chi connectivity index (χ0n) is 11.2. The van der Waals surface area contributed by atoms with Crippen molar-refractivity contribution in [2.45, 2.75) is 63.5 Å². The zero-order chi connectivity index (χ0) is 12.1. The Morgan fingerprint density at radius 3 is 2.41 bits per heavy atom. The van der Waals surface area contributed by atoms with Crippen LogP contribution in [0.4, 0.5) is 0 Å². The molecule has 1 aliphatic heterocycles. The van der Waals surface area contributed by atoms with E-state index in [2.05, 4.69) is 17.1 Å². The van der Waals surface area contributed by atoms with Crippen molar-refractivity contribution in [2.24, 2.45) is 0 Å². The van der Waals surface area contributed by atoms with Gasteiger partial charge in [-0.3, -0.25) is 0 Å². The van der Waals surface area contributed by atoms with Gasteiger partial charge in [0.25, 0.3) is 0 Å². The molecule has 2 N–H and O–H groups in total. The van der Waals surface area contributed by atoms with Gasteiger partial charge >= 0.3 is 0 Å². The fraction of sp³-hybridized carbons (Fsp3) is 1.00. The molecule has 1 saturated heterocycles. The number of rotatable bonds is 5. The molecular weight excluding hydrogens is 212 g/mol. The molecule has 1 atom stereocenters. The zero-order valence-corrected chi connectivity index (χ0v) is 11.2. The second-order valence-corrected chi connectivity index (χ2v) is 6.07. The molecule has 100 valence electrons. The molecule has 0 spiro atoms. The lowest BCUT2D eigenvalue weighted by Gasteiger charge is -2.34. The van der Waals surface area contributed by atoms with Crippen molar-refractivity contribution >= 4 is 0 Å². The van der Waals surface area contributed by atoms with Crippen LogP contribution in [-0.2, 0) is 0 Å². The Labute approximate surface area is 106 Å². The number of nitrogens with zero attached hydrogens (tertiary/aromatic N) is 1. The maximum Gasteiger partial charge on any atom is 0.0771 e. The highest BCUT2D eigenvalue weighted by Crippen LogP contribution is 2.27. The molecule has 3 heteroatoms. The Bertz CT molecular complexity index is 220. The van der Waals surface area contributed by atoms with Crippen LogP contribution in [0.2, 0.25) is 0 Å². The summed E-state index contributed by atoms with van der Waals surface area (Å²) in [5.41, 5.74) is -0.419. The molecule has 1 aliphatic carbocycles. The number of aliphatic hydroxyl groups is 1. The number of hydrogen-bond acceptors (Lipinski definition) is 3. The van der Waals surface area contributed by atoms with Gasteiger partial charge in [0.2, 0.25) is 0 Å². The van der Waals surface area contributed by atoms with E-state index in [0.717, 1.165) is 25.9 Å². The van der Waals surface area contributed by atoms with Gasteiger partial charge in [0.1, 0.15) is 0 Å². The molecule has 0 radical (unpaired) electrons. The predicted octanol–water partition coefficient (Wildman–Crippen LogP) is 1.76. The quantitative estimate of drug-likeness (QED) is 0.768. The van der Waals surface area contributed by atoms with Gasteiger partial charge in [0.05, 0.1) is 5.60 Å². The van der Waals surface area contributed by atoms with Crippen LogP contribution in [0.25, 0.3) is 0 Å². The second kappa shape index (κ2) is 6.17. The highest BCUT2D eigenvalue weighted by Gasteiger charge is 2.29. The van der Waals surface area contributed by atoms with E-state index < -0.39 is 5.60 Å².